The lowest BCUT2D eigenvalue weighted by atomic mass is 9.89. The first-order valence-electron chi connectivity index (χ1n) is 15.8. The molecule has 44 heavy (non-hydrogen) atoms. The second kappa shape index (κ2) is 14.3. The van der Waals surface area contributed by atoms with Crippen LogP contribution in [0.3, 0.4) is 0 Å². The maximum atomic E-state index is 13.3. The molecule has 2 fully saturated rings. The Morgan fingerprint density at radius 2 is 1.84 bits per heavy atom. The predicted molar refractivity (Wildman–Crippen MR) is 172 cm³/mol. The average Bonchev–Trinajstić information content (AvgIpc) is 3.43. The third-order valence-corrected chi connectivity index (χ3v) is 8.51. The molecule has 4 heterocycles. The quantitative estimate of drug-likeness (QED) is 0.253. The molecule has 2 aromatic heterocycles. The first-order valence-corrected chi connectivity index (χ1v) is 15.8. The molecular formula is C33H46N8O3. The Morgan fingerprint density at radius 3 is 2.55 bits per heavy atom. The molecule has 0 spiro atoms. The van der Waals surface area contributed by atoms with Crippen LogP contribution in [0.4, 0.5) is 11.6 Å². The van der Waals surface area contributed by atoms with E-state index >= 15 is 0 Å². The van der Waals surface area contributed by atoms with E-state index in [1.807, 2.05) is 60.4 Å². The Kier molecular flexibility index (Phi) is 10.3. The molecule has 11 heteroatoms. The number of aromatic nitrogens is 4. The SMILES string of the molecule is CC(C)c1cnn2c(Nc3cccc(C(=O)CC4CCN(C(=O)/C=C/CN(C)C)CC4)c3)nc(OC3CCN(C)CC3)nc12. The molecule has 1 aromatic carbocycles. The molecule has 3 aromatic rings. The van der Waals surface area contributed by atoms with E-state index in [0.717, 1.165) is 56.6 Å². The minimum absolute atomic E-state index is 0.0480. The molecule has 2 aliphatic rings. The number of hydrogen-bond donors (Lipinski definition) is 1. The third kappa shape index (κ3) is 8.00. The van der Waals surface area contributed by atoms with Gasteiger partial charge < -0.3 is 24.8 Å². The van der Waals surface area contributed by atoms with E-state index in [4.69, 9.17) is 14.7 Å². The van der Waals surface area contributed by atoms with Gasteiger partial charge >= 0.3 is 6.01 Å². The van der Waals surface area contributed by atoms with E-state index in [9.17, 15) is 9.59 Å². The molecule has 5 rings (SSSR count). The fourth-order valence-corrected chi connectivity index (χ4v) is 5.77. The van der Waals surface area contributed by atoms with Crippen molar-refractivity contribution in [3.63, 3.8) is 0 Å². The zero-order valence-electron chi connectivity index (χ0n) is 26.7. The van der Waals surface area contributed by atoms with Crippen molar-refractivity contribution in [3.05, 3.63) is 53.7 Å². The topological polar surface area (TPSA) is 108 Å². The van der Waals surface area contributed by atoms with Crippen molar-refractivity contribution in [3.8, 4) is 6.01 Å². The molecule has 0 atom stereocenters. The fraction of sp³-hybridized carbons (Fsp3) is 0.545. The summed E-state index contributed by atoms with van der Waals surface area (Å²) in [5, 5.41) is 7.96. The summed E-state index contributed by atoms with van der Waals surface area (Å²) in [6, 6.07) is 7.87. The molecule has 0 radical (unpaired) electrons. The van der Waals surface area contributed by atoms with E-state index in [1.54, 1.807) is 10.6 Å². The summed E-state index contributed by atoms with van der Waals surface area (Å²) >= 11 is 0. The van der Waals surface area contributed by atoms with Gasteiger partial charge in [-0.05, 0) is 70.8 Å². The molecule has 236 valence electrons. The number of amides is 1. The van der Waals surface area contributed by atoms with E-state index in [1.165, 1.54) is 0 Å². The highest BCUT2D eigenvalue weighted by atomic mass is 16.5. The van der Waals surface area contributed by atoms with E-state index < -0.39 is 0 Å². The lowest BCUT2D eigenvalue weighted by molar-refractivity contribution is -0.127. The molecule has 2 aliphatic heterocycles. The zero-order valence-corrected chi connectivity index (χ0v) is 26.7. The number of benzene rings is 1. The van der Waals surface area contributed by atoms with Crippen LogP contribution in [0, 0.1) is 5.92 Å². The average molecular weight is 603 g/mol. The number of likely N-dealkylation sites (tertiary alicyclic amines) is 2. The summed E-state index contributed by atoms with van der Waals surface area (Å²) < 4.78 is 7.98. The fourth-order valence-electron chi connectivity index (χ4n) is 5.77. The normalized spacial score (nSPS) is 17.3. The first-order chi connectivity index (χ1) is 21.2. The molecule has 1 amide bonds. The van der Waals surface area contributed by atoms with Crippen LogP contribution in [0.25, 0.3) is 5.65 Å². The molecular weight excluding hydrogens is 556 g/mol. The molecule has 0 unspecified atom stereocenters. The Labute approximate surface area is 260 Å². The van der Waals surface area contributed by atoms with Gasteiger partial charge in [0.1, 0.15) is 6.10 Å². The van der Waals surface area contributed by atoms with Crippen molar-refractivity contribution in [2.45, 2.75) is 58.0 Å². The maximum Gasteiger partial charge on any atom is 0.322 e. The van der Waals surface area contributed by atoms with Crippen LogP contribution in [0.5, 0.6) is 6.01 Å². The van der Waals surface area contributed by atoms with Gasteiger partial charge in [-0.2, -0.15) is 19.6 Å². The van der Waals surface area contributed by atoms with Crippen LogP contribution in [-0.4, -0.2) is 106 Å². The van der Waals surface area contributed by atoms with Crippen LogP contribution < -0.4 is 10.1 Å². The van der Waals surface area contributed by atoms with E-state index in [0.29, 0.717) is 42.7 Å². The highest BCUT2D eigenvalue weighted by Crippen LogP contribution is 2.27. The Hall–Kier alpha value is -3.83. The van der Waals surface area contributed by atoms with E-state index in [-0.39, 0.29) is 29.6 Å². The highest BCUT2D eigenvalue weighted by molar-refractivity contribution is 5.97. The highest BCUT2D eigenvalue weighted by Gasteiger charge is 2.25. The van der Waals surface area contributed by atoms with Crippen molar-refractivity contribution < 1.29 is 14.3 Å². The number of carbonyl (C=O) groups is 2. The van der Waals surface area contributed by atoms with Gasteiger partial charge in [0.05, 0.1) is 6.20 Å². The predicted octanol–water partition coefficient (Wildman–Crippen LogP) is 4.39. The first kappa shape index (κ1) is 31.6. The van der Waals surface area contributed by atoms with Gasteiger partial charge in [0, 0.05) is 62.0 Å². The van der Waals surface area contributed by atoms with Gasteiger partial charge in [-0.3, -0.25) is 9.59 Å². The number of rotatable bonds is 11. The summed E-state index contributed by atoms with van der Waals surface area (Å²) in [6.07, 6.45) is 9.42. The Morgan fingerprint density at radius 1 is 1.09 bits per heavy atom. The minimum atomic E-state index is 0.0480. The van der Waals surface area contributed by atoms with Crippen molar-refractivity contribution in [1.29, 1.82) is 0 Å². The monoisotopic (exact) mass is 602 g/mol. The Bertz CT molecular complexity index is 1470. The molecule has 2 saturated heterocycles. The second-order valence-corrected chi connectivity index (χ2v) is 12.7. The number of likely N-dealkylation sites (N-methyl/N-ethyl adjacent to an activating group) is 1. The Balaban J connectivity index is 1.25. The summed E-state index contributed by atoms with van der Waals surface area (Å²) in [5.41, 5.74) is 3.12. The molecule has 1 N–H and O–H groups in total. The summed E-state index contributed by atoms with van der Waals surface area (Å²) in [6.45, 7) is 8.29. The largest absolute Gasteiger partial charge is 0.460 e. The standard InChI is InChI=1S/C33H46N8O3/c1-23(2)28-22-34-41-31(28)36-33(44-27-13-16-39(5)17-14-27)37-32(41)35-26-9-6-8-25(21-26)29(42)20-24-11-18-40(19-12-24)30(43)10-7-15-38(3)4/h6-10,21-24,27H,11-20H2,1-5H3,(H,35,36,37)/b10-7+. The summed E-state index contributed by atoms with van der Waals surface area (Å²) in [4.78, 5) is 41.5. The van der Waals surface area contributed by atoms with Gasteiger partial charge in [0.25, 0.3) is 0 Å². The minimum Gasteiger partial charge on any atom is -0.460 e. The van der Waals surface area contributed by atoms with Crippen molar-refractivity contribution in [1.82, 2.24) is 34.3 Å². The zero-order chi connectivity index (χ0) is 31.2. The number of ether oxygens (including phenoxy) is 1. The number of nitrogens with zero attached hydrogens (tertiary/aromatic N) is 7. The van der Waals surface area contributed by atoms with Gasteiger partial charge in [-0.1, -0.05) is 32.1 Å². The lowest BCUT2D eigenvalue weighted by Gasteiger charge is -2.31. The van der Waals surface area contributed by atoms with Gasteiger partial charge in [-0.25, -0.2) is 0 Å². The number of fused-ring (bicyclic) bond motifs is 1. The number of ketones is 1. The van der Waals surface area contributed by atoms with Crippen LogP contribution in [0.2, 0.25) is 0 Å². The van der Waals surface area contributed by atoms with Crippen LogP contribution in [0.1, 0.15) is 67.8 Å². The molecule has 11 nitrogen and oxygen atoms in total. The lowest BCUT2D eigenvalue weighted by Crippen LogP contribution is -2.38. The third-order valence-electron chi connectivity index (χ3n) is 8.51. The van der Waals surface area contributed by atoms with Gasteiger partial charge in [-0.15, -0.1) is 0 Å². The number of nitrogens with one attached hydrogen (secondary N) is 1. The number of hydrogen-bond acceptors (Lipinski definition) is 9. The van der Waals surface area contributed by atoms with Crippen molar-refractivity contribution in [2.24, 2.45) is 5.92 Å². The van der Waals surface area contributed by atoms with Crippen LogP contribution in [-0.2, 0) is 4.79 Å². The van der Waals surface area contributed by atoms with E-state index in [2.05, 4.69) is 36.2 Å². The van der Waals surface area contributed by atoms with Crippen molar-refractivity contribution >= 4 is 29.0 Å². The molecule has 0 bridgehead atoms. The number of Topliss-reactive ketones (excluding diaryl/α,β-unsaturated/α-hetero) is 1. The summed E-state index contributed by atoms with van der Waals surface area (Å²) in [5.74, 6) is 1.13. The van der Waals surface area contributed by atoms with Gasteiger partial charge in [0.2, 0.25) is 11.9 Å². The van der Waals surface area contributed by atoms with Crippen molar-refractivity contribution in [2.75, 3.05) is 59.2 Å². The number of piperidine rings is 2. The molecule has 0 aliphatic carbocycles. The van der Waals surface area contributed by atoms with Gasteiger partial charge in [0.15, 0.2) is 11.4 Å². The maximum absolute atomic E-state index is 13.3. The summed E-state index contributed by atoms with van der Waals surface area (Å²) in [7, 11) is 6.07. The molecule has 0 saturated carbocycles. The van der Waals surface area contributed by atoms with Crippen LogP contribution in [0.15, 0.2) is 42.6 Å². The van der Waals surface area contributed by atoms with Crippen LogP contribution >= 0.6 is 0 Å². The number of carbonyl (C=O) groups excluding carboxylic acids is 2. The smallest absolute Gasteiger partial charge is 0.322 e. The second-order valence-electron chi connectivity index (χ2n) is 12.7. The number of anilines is 2.